The molecule has 0 N–H and O–H groups in total. The molecule has 0 saturated carbocycles. The molecule has 11 heavy (non-hydrogen) atoms. The van der Waals surface area contributed by atoms with Crippen LogP contribution in [0.4, 0.5) is 0 Å². The summed E-state index contributed by atoms with van der Waals surface area (Å²) in [5.74, 6) is 0.844. The summed E-state index contributed by atoms with van der Waals surface area (Å²) in [6, 6.07) is 5.81. The van der Waals surface area contributed by atoms with Crippen LogP contribution in [0.1, 0.15) is 5.56 Å². The van der Waals surface area contributed by atoms with Crippen LogP contribution in [0.2, 0.25) is 0 Å². The summed E-state index contributed by atoms with van der Waals surface area (Å²) < 4.78 is 6.18. The van der Waals surface area contributed by atoms with Crippen LogP contribution in [0.15, 0.2) is 24.8 Å². The van der Waals surface area contributed by atoms with Crippen molar-refractivity contribution in [2.75, 3.05) is 7.11 Å². The first-order chi connectivity index (χ1) is 5.27. The van der Waals surface area contributed by atoms with Gasteiger partial charge in [0, 0.05) is 3.57 Å². The van der Waals surface area contributed by atoms with Crippen LogP contribution in [0, 0.1) is 9.65 Å². The number of ether oxygens (including phenoxy) is 1. The van der Waals surface area contributed by atoms with Crippen molar-refractivity contribution in [1.29, 1.82) is 0 Å². The van der Waals surface area contributed by atoms with Gasteiger partial charge in [0.2, 0.25) is 0 Å². The lowest BCUT2D eigenvalue weighted by molar-refractivity contribution is 0.414. The third kappa shape index (κ3) is 1.96. The Labute approximate surface area is 80.2 Å². The first-order valence-electron chi connectivity index (χ1n) is 3.14. The molecule has 1 aromatic rings. The van der Waals surface area contributed by atoms with Gasteiger partial charge < -0.3 is 4.74 Å². The average Bonchev–Trinajstić information content (AvgIpc) is 2.05. The van der Waals surface area contributed by atoms with E-state index >= 15 is 0 Å². The molecule has 57 valence electrons. The Balaban J connectivity index is 3.12. The van der Waals surface area contributed by atoms with Crippen molar-refractivity contribution in [2.24, 2.45) is 0 Å². The quantitative estimate of drug-likeness (QED) is 0.742. The van der Waals surface area contributed by atoms with Gasteiger partial charge in [0.25, 0.3) is 0 Å². The fourth-order valence-electron chi connectivity index (χ4n) is 0.767. The van der Waals surface area contributed by atoms with E-state index in [1.807, 2.05) is 18.2 Å². The van der Waals surface area contributed by atoms with E-state index in [9.17, 15) is 0 Å². The normalized spacial score (nSPS) is 9.27. The van der Waals surface area contributed by atoms with Crippen molar-refractivity contribution in [3.63, 3.8) is 0 Å². The topological polar surface area (TPSA) is 9.23 Å². The van der Waals surface area contributed by atoms with Crippen LogP contribution < -0.4 is 4.74 Å². The molecule has 0 atom stereocenters. The van der Waals surface area contributed by atoms with Crippen LogP contribution in [0.5, 0.6) is 5.75 Å². The molecular weight excluding hydrogens is 251 g/mol. The van der Waals surface area contributed by atoms with Gasteiger partial charge >= 0.3 is 0 Å². The number of hydrogen-bond acceptors (Lipinski definition) is 1. The Bertz CT molecular complexity index is 268. The first-order valence-corrected chi connectivity index (χ1v) is 4.22. The Morgan fingerprint density at radius 1 is 1.55 bits per heavy atom. The SMILES string of the molecule is C=[C]c1cc(OC)ccc1I. The van der Waals surface area contributed by atoms with E-state index < -0.39 is 0 Å². The van der Waals surface area contributed by atoms with Gasteiger partial charge in [-0.05, 0) is 52.4 Å². The summed E-state index contributed by atoms with van der Waals surface area (Å²) in [5, 5.41) is 0. The fraction of sp³-hybridized carbons (Fsp3) is 0.111. The van der Waals surface area contributed by atoms with E-state index in [0.29, 0.717) is 0 Å². The Kier molecular flexibility index (Phi) is 2.93. The highest BCUT2D eigenvalue weighted by Crippen LogP contribution is 2.18. The van der Waals surface area contributed by atoms with E-state index in [-0.39, 0.29) is 0 Å². The maximum absolute atomic E-state index is 5.04. The lowest BCUT2D eigenvalue weighted by Crippen LogP contribution is -1.85. The van der Waals surface area contributed by atoms with Crippen LogP contribution in [-0.4, -0.2) is 7.11 Å². The molecule has 0 unspecified atom stereocenters. The molecule has 1 aromatic carbocycles. The third-order valence-electron chi connectivity index (χ3n) is 1.36. The second-order valence-electron chi connectivity index (χ2n) is 2.02. The smallest absolute Gasteiger partial charge is 0.119 e. The highest BCUT2D eigenvalue weighted by molar-refractivity contribution is 14.1. The van der Waals surface area contributed by atoms with Gasteiger partial charge in [0.05, 0.1) is 7.11 Å². The minimum absolute atomic E-state index is 0.844. The number of hydrogen-bond donors (Lipinski definition) is 0. The van der Waals surface area contributed by atoms with E-state index in [1.165, 1.54) is 0 Å². The van der Waals surface area contributed by atoms with Gasteiger partial charge in [0.15, 0.2) is 0 Å². The summed E-state index contributed by atoms with van der Waals surface area (Å²) in [5.41, 5.74) is 0.991. The monoisotopic (exact) mass is 259 g/mol. The van der Waals surface area contributed by atoms with Gasteiger partial charge in [-0.2, -0.15) is 0 Å². The standard InChI is InChI=1S/C9H8IO/c1-3-7-6-8(11-2)4-5-9(7)10/h4-6H,1H2,2H3. The van der Waals surface area contributed by atoms with Crippen molar-refractivity contribution in [3.8, 4) is 5.75 Å². The molecule has 0 fully saturated rings. The van der Waals surface area contributed by atoms with Crippen LogP contribution in [0.3, 0.4) is 0 Å². The zero-order valence-corrected chi connectivity index (χ0v) is 8.38. The molecule has 0 aliphatic carbocycles. The largest absolute Gasteiger partial charge is 0.497 e. The molecule has 0 bridgehead atoms. The second kappa shape index (κ2) is 3.76. The van der Waals surface area contributed by atoms with Crippen LogP contribution in [-0.2, 0) is 0 Å². The zero-order chi connectivity index (χ0) is 8.27. The van der Waals surface area contributed by atoms with E-state index in [2.05, 4.69) is 35.2 Å². The van der Waals surface area contributed by atoms with Crippen molar-refractivity contribution >= 4 is 22.6 Å². The lowest BCUT2D eigenvalue weighted by atomic mass is 10.2. The Hall–Kier alpha value is -0.510. The summed E-state index contributed by atoms with van der Waals surface area (Å²) >= 11 is 2.24. The van der Waals surface area contributed by atoms with E-state index in [1.54, 1.807) is 7.11 Å². The number of methoxy groups -OCH3 is 1. The third-order valence-corrected chi connectivity index (χ3v) is 2.30. The highest BCUT2D eigenvalue weighted by atomic mass is 127. The lowest BCUT2D eigenvalue weighted by Gasteiger charge is -2.01. The maximum Gasteiger partial charge on any atom is 0.119 e. The number of halogens is 1. The molecule has 0 aliphatic rings. The zero-order valence-electron chi connectivity index (χ0n) is 6.23. The summed E-state index contributed by atoms with van der Waals surface area (Å²) in [6.07, 6.45) is 2.83. The molecule has 0 aliphatic heterocycles. The predicted molar refractivity (Wildman–Crippen MR) is 53.7 cm³/mol. The molecule has 1 radical (unpaired) electrons. The predicted octanol–water partition coefficient (Wildman–Crippen LogP) is 2.64. The molecule has 0 amide bonds. The molecule has 1 nitrogen and oxygen atoms in total. The molecule has 0 spiro atoms. The van der Waals surface area contributed by atoms with E-state index in [4.69, 9.17) is 4.74 Å². The maximum atomic E-state index is 5.04. The minimum Gasteiger partial charge on any atom is -0.497 e. The minimum atomic E-state index is 0.844. The summed E-state index contributed by atoms with van der Waals surface area (Å²) in [4.78, 5) is 0. The average molecular weight is 259 g/mol. The molecular formula is C9H8IO. The van der Waals surface area contributed by atoms with E-state index in [0.717, 1.165) is 14.9 Å². The number of benzene rings is 1. The van der Waals surface area contributed by atoms with Crippen LogP contribution >= 0.6 is 22.6 Å². The molecule has 0 aromatic heterocycles. The van der Waals surface area contributed by atoms with Gasteiger partial charge in [0.1, 0.15) is 5.75 Å². The Morgan fingerprint density at radius 3 is 2.82 bits per heavy atom. The van der Waals surface area contributed by atoms with Crippen molar-refractivity contribution in [1.82, 2.24) is 0 Å². The highest BCUT2D eigenvalue weighted by Gasteiger charge is 1.96. The summed E-state index contributed by atoms with van der Waals surface area (Å²) in [6.45, 7) is 3.58. The van der Waals surface area contributed by atoms with Gasteiger partial charge in [-0.3, -0.25) is 0 Å². The molecule has 0 heterocycles. The number of rotatable bonds is 2. The van der Waals surface area contributed by atoms with Gasteiger partial charge in [-0.25, -0.2) is 0 Å². The molecule has 2 heteroatoms. The Morgan fingerprint density at radius 2 is 2.27 bits per heavy atom. The van der Waals surface area contributed by atoms with Crippen molar-refractivity contribution in [3.05, 3.63) is 40.0 Å². The second-order valence-corrected chi connectivity index (χ2v) is 3.18. The first kappa shape index (κ1) is 8.59. The van der Waals surface area contributed by atoms with Crippen molar-refractivity contribution in [2.45, 2.75) is 0 Å². The summed E-state index contributed by atoms with van der Waals surface area (Å²) in [7, 11) is 1.65. The van der Waals surface area contributed by atoms with Gasteiger partial charge in [-0.15, -0.1) is 0 Å². The fourth-order valence-corrected chi connectivity index (χ4v) is 1.29. The van der Waals surface area contributed by atoms with Gasteiger partial charge in [-0.1, -0.05) is 6.58 Å². The molecule has 0 saturated heterocycles. The molecule has 1 rings (SSSR count). The van der Waals surface area contributed by atoms with Crippen LogP contribution in [0.25, 0.3) is 0 Å². The van der Waals surface area contributed by atoms with Crippen molar-refractivity contribution < 1.29 is 4.74 Å².